The number of rotatable bonds is 8. The van der Waals surface area contributed by atoms with Gasteiger partial charge in [0.25, 0.3) is 0 Å². The van der Waals surface area contributed by atoms with Crippen LogP contribution < -0.4 is 4.74 Å². The number of amides is 1. The zero-order chi connectivity index (χ0) is 18.4. The van der Waals surface area contributed by atoms with Crippen molar-refractivity contribution in [1.29, 1.82) is 0 Å². The highest BCUT2D eigenvalue weighted by molar-refractivity contribution is 7.71. The Bertz CT molecular complexity index is 758. The fraction of sp³-hybridized carbons (Fsp3) is 0.438. The number of aromatic nitrogens is 3. The third kappa shape index (κ3) is 5.35. The van der Waals surface area contributed by atoms with Gasteiger partial charge >= 0.3 is 6.61 Å². The largest absolute Gasteiger partial charge is 0.435 e. The quantitative estimate of drug-likeness (QED) is 0.725. The molecule has 0 saturated carbocycles. The predicted octanol–water partition coefficient (Wildman–Crippen LogP) is 3.15. The summed E-state index contributed by atoms with van der Waals surface area (Å²) in [5.41, 5.74) is 0.807. The molecule has 0 aliphatic rings. The number of H-pyrrole nitrogens is 1. The van der Waals surface area contributed by atoms with Crippen LogP contribution in [-0.2, 0) is 24.3 Å². The van der Waals surface area contributed by atoms with E-state index in [9.17, 15) is 13.6 Å². The van der Waals surface area contributed by atoms with Crippen molar-refractivity contribution < 1.29 is 18.3 Å². The van der Waals surface area contributed by atoms with Crippen LogP contribution in [0.5, 0.6) is 5.75 Å². The average molecular weight is 370 g/mol. The number of carbonyl (C=O) groups is 1. The van der Waals surface area contributed by atoms with Crippen molar-refractivity contribution in [3.63, 3.8) is 0 Å². The van der Waals surface area contributed by atoms with Crippen LogP contribution in [0.1, 0.15) is 24.7 Å². The molecule has 0 spiro atoms. The number of likely N-dealkylation sites (N-methyl/N-ethyl adjacent to an activating group) is 1. The van der Waals surface area contributed by atoms with Gasteiger partial charge in [0.05, 0.1) is 0 Å². The summed E-state index contributed by atoms with van der Waals surface area (Å²) in [4.78, 5) is 14.0. The second-order valence-corrected chi connectivity index (χ2v) is 5.94. The molecule has 0 unspecified atom stereocenters. The Morgan fingerprint density at radius 2 is 2.08 bits per heavy atom. The van der Waals surface area contributed by atoms with E-state index < -0.39 is 6.61 Å². The van der Waals surface area contributed by atoms with Gasteiger partial charge in [0.15, 0.2) is 4.77 Å². The van der Waals surface area contributed by atoms with E-state index in [2.05, 4.69) is 14.9 Å². The highest BCUT2D eigenvalue weighted by atomic mass is 32.1. The topological polar surface area (TPSA) is 63.2 Å². The van der Waals surface area contributed by atoms with Gasteiger partial charge in [0.1, 0.15) is 18.1 Å². The van der Waals surface area contributed by atoms with E-state index in [0.717, 1.165) is 24.2 Å². The van der Waals surface area contributed by atoms with Gasteiger partial charge in [-0.1, -0.05) is 19.1 Å². The van der Waals surface area contributed by atoms with Gasteiger partial charge in [-0.25, -0.2) is 0 Å². The number of nitrogens with zero attached hydrogens (tertiary/aromatic N) is 3. The minimum absolute atomic E-state index is 0.0849. The van der Waals surface area contributed by atoms with E-state index in [-0.39, 0.29) is 18.2 Å². The molecule has 1 aromatic carbocycles. The summed E-state index contributed by atoms with van der Waals surface area (Å²) >= 11 is 5.17. The Labute approximate surface area is 149 Å². The number of halogens is 2. The van der Waals surface area contributed by atoms with Crippen molar-refractivity contribution in [1.82, 2.24) is 19.7 Å². The lowest BCUT2D eigenvalue weighted by atomic mass is 10.2. The number of nitrogens with one attached hydrogen (secondary N) is 1. The second kappa shape index (κ2) is 8.70. The Balaban J connectivity index is 1.98. The first-order valence-electron chi connectivity index (χ1n) is 7.82. The SMILES string of the molecule is CCCc1n[nH]c(=S)n1CC(=O)N(C)Cc1ccc(OC(F)F)cc1. The summed E-state index contributed by atoms with van der Waals surface area (Å²) in [6, 6.07) is 6.19. The molecule has 9 heteroatoms. The number of benzene rings is 1. The third-order valence-corrected chi connectivity index (χ3v) is 3.91. The average Bonchev–Trinajstić information content (AvgIpc) is 2.89. The van der Waals surface area contributed by atoms with E-state index in [1.54, 1.807) is 28.6 Å². The van der Waals surface area contributed by atoms with Crippen LogP contribution >= 0.6 is 12.2 Å². The molecule has 25 heavy (non-hydrogen) atoms. The van der Waals surface area contributed by atoms with Crippen molar-refractivity contribution in [3.05, 3.63) is 40.4 Å². The molecule has 1 N–H and O–H groups in total. The second-order valence-electron chi connectivity index (χ2n) is 5.55. The van der Waals surface area contributed by atoms with Crippen molar-refractivity contribution in [3.8, 4) is 5.75 Å². The van der Waals surface area contributed by atoms with E-state index in [1.807, 2.05) is 6.92 Å². The minimum Gasteiger partial charge on any atom is -0.435 e. The summed E-state index contributed by atoms with van der Waals surface area (Å²) in [6.45, 7) is -0.375. The third-order valence-electron chi connectivity index (χ3n) is 3.60. The van der Waals surface area contributed by atoms with Gasteiger partial charge in [-0.05, 0) is 36.3 Å². The summed E-state index contributed by atoms with van der Waals surface area (Å²) in [7, 11) is 1.68. The first-order valence-corrected chi connectivity index (χ1v) is 8.23. The first-order chi connectivity index (χ1) is 11.9. The maximum Gasteiger partial charge on any atom is 0.387 e. The smallest absolute Gasteiger partial charge is 0.387 e. The Morgan fingerprint density at radius 3 is 2.68 bits per heavy atom. The van der Waals surface area contributed by atoms with Crippen LogP contribution in [0.2, 0.25) is 0 Å². The van der Waals surface area contributed by atoms with E-state index in [1.165, 1.54) is 12.1 Å². The normalized spacial score (nSPS) is 10.9. The van der Waals surface area contributed by atoms with E-state index in [0.29, 0.717) is 11.3 Å². The van der Waals surface area contributed by atoms with Crippen molar-refractivity contribution in [2.45, 2.75) is 39.5 Å². The molecule has 0 saturated heterocycles. The van der Waals surface area contributed by atoms with Crippen LogP contribution in [0.4, 0.5) is 8.78 Å². The van der Waals surface area contributed by atoms with Gasteiger partial charge in [0, 0.05) is 20.0 Å². The molecule has 1 amide bonds. The maximum absolute atomic E-state index is 12.4. The highest BCUT2D eigenvalue weighted by Crippen LogP contribution is 2.16. The zero-order valence-corrected chi connectivity index (χ0v) is 14.9. The number of hydrogen-bond donors (Lipinski definition) is 1. The molecular formula is C16H20F2N4O2S. The predicted molar refractivity (Wildman–Crippen MR) is 91.0 cm³/mol. The Hall–Kier alpha value is -2.29. The molecular weight excluding hydrogens is 350 g/mol. The molecule has 6 nitrogen and oxygen atoms in total. The number of aromatic amines is 1. The first kappa shape index (κ1) is 19.0. The number of ether oxygens (including phenoxy) is 1. The molecule has 0 atom stereocenters. The van der Waals surface area contributed by atoms with Gasteiger partial charge in [-0.15, -0.1) is 0 Å². The Morgan fingerprint density at radius 1 is 1.40 bits per heavy atom. The van der Waals surface area contributed by atoms with Gasteiger partial charge in [0.2, 0.25) is 5.91 Å². The molecule has 2 aromatic rings. The molecule has 0 fully saturated rings. The van der Waals surface area contributed by atoms with Gasteiger partial charge in [-0.2, -0.15) is 13.9 Å². The fourth-order valence-corrected chi connectivity index (χ4v) is 2.54. The number of aryl methyl sites for hydroxylation is 1. The van der Waals surface area contributed by atoms with Crippen LogP contribution in [0.25, 0.3) is 0 Å². The summed E-state index contributed by atoms with van der Waals surface area (Å²) in [5.74, 6) is 0.715. The minimum atomic E-state index is -2.85. The molecule has 0 aliphatic heterocycles. The van der Waals surface area contributed by atoms with Crippen LogP contribution in [0.3, 0.4) is 0 Å². The standard InChI is InChI=1S/C16H20F2N4O2S/c1-3-4-13-19-20-16(25)22(13)10-14(23)21(2)9-11-5-7-12(8-6-11)24-15(17)18/h5-8,15H,3-4,9-10H2,1-2H3,(H,20,25). The lowest BCUT2D eigenvalue weighted by Crippen LogP contribution is -2.30. The van der Waals surface area contributed by atoms with Crippen molar-refractivity contribution in [2.24, 2.45) is 0 Å². The Kier molecular flexibility index (Phi) is 6.63. The van der Waals surface area contributed by atoms with E-state index >= 15 is 0 Å². The number of hydrogen-bond acceptors (Lipinski definition) is 4. The van der Waals surface area contributed by atoms with Crippen molar-refractivity contribution >= 4 is 18.1 Å². The van der Waals surface area contributed by atoms with Crippen LogP contribution in [0, 0.1) is 4.77 Å². The summed E-state index contributed by atoms with van der Waals surface area (Å²) < 4.78 is 30.7. The summed E-state index contributed by atoms with van der Waals surface area (Å²) in [6.07, 6.45) is 1.63. The molecule has 0 radical (unpaired) electrons. The molecule has 0 bridgehead atoms. The molecule has 136 valence electrons. The van der Waals surface area contributed by atoms with Crippen LogP contribution in [-0.4, -0.2) is 39.2 Å². The molecule has 1 aromatic heterocycles. The molecule has 1 heterocycles. The van der Waals surface area contributed by atoms with Gasteiger partial charge < -0.3 is 9.64 Å². The maximum atomic E-state index is 12.4. The number of carbonyl (C=O) groups excluding carboxylic acids is 1. The lowest BCUT2D eigenvalue weighted by molar-refractivity contribution is -0.131. The van der Waals surface area contributed by atoms with Gasteiger partial charge in [-0.3, -0.25) is 14.5 Å². The highest BCUT2D eigenvalue weighted by Gasteiger charge is 2.14. The monoisotopic (exact) mass is 370 g/mol. The zero-order valence-electron chi connectivity index (χ0n) is 14.0. The summed E-state index contributed by atoms with van der Waals surface area (Å²) in [5, 5.41) is 6.84. The fourth-order valence-electron chi connectivity index (χ4n) is 2.32. The van der Waals surface area contributed by atoms with Crippen LogP contribution in [0.15, 0.2) is 24.3 Å². The lowest BCUT2D eigenvalue weighted by Gasteiger charge is -2.18. The molecule has 0 aliphatic carbocycles. The number of alkyl halides is 2. The van der Waals surface area contributed by atoms with E-state index in [4.69, 9.17) is 12.2 Å². The molecule has 2 rings (SSSR count). The van der Waals surface area contributed by atoms with Crippen molar-refractivity contribution in [2.75, 3.05) is 7.05 Å².